The van der Waals surface area contributed by atoms with E-state index >= 15 is 0 Å². The van der Waals surface area contributed by atoms with E-state index in [2.05, 4.69) is 10.6 Å². The summed E-state index contributed by atoms with van der Waals surface area (Å²) in [5, 5.41) is 17.1. The summed E-state index contributed by atoms with van der Waals surface area (Å²) in [4.78, 5) is 0. The van der Waals surface area contributed by atoms with E-state index in [9.17, 15) is 5.11 Å². The third kappa shape index (κ3) is 4.04. The molecule has 3 N–H and O–H groups in total. The molecule has 0 aromatic rings. The summed E-state index contributed by atoms with van der Waals surface area (Å²) >= 11 is 0. The van der Waals surface area contributed by atoms with Gasteiger partial charge in [0.15, 0.2) is 0 Å². The van der Waals surface area contributed by atoms with Crippen LogP contribution in [0.4, 0.5) is 0 Å². The number of aliphatic hydroxyl groups excluding tert-OH is 1. The largest absolute Gasteiger partial charge is 0.393 e. The molecular formula is C13H26N2O. The highest BCUT2D eigenvalue weighted by Gasteiger charge is 2.21. The topological polar surface area (TPSA) is 44.3 Å². The molecule has 3 heteroatoms. The molecule has 0 bridgehead atoms. The smallest absolute Gasteiger partial charge is 0.0569 e. The van der Waals surface area contributed by atoms with Gasteiger partial charge in [-0.15, -0.1) is 0 Å². The van der Waals surface area contributed by atoms with Crippen molar-refractivity contribution in [2.24, 2.45) is 0 Å². The van der Waals surface area contributed by atoms with Crippen LogP contribution in [0.3, 0.4) is 0 Å². The van der Waals surface area contributed by atoms with Gasteiger partial charge in [-0.1, -0.05) is 12.8 Å². The lowest BCUT2D eigenvalue weighted by Crippen LogP contribution is -2.40. The number of rotatable bonds is 4. The zero-order valence-electron chi connectivity index (χ0n) is 10.3. The molecule has 0 spiro atoms. The van der Waals surface area contributed by atoms with Crippen LogP contribution in [0, 0.1) is 0 Å². The monoisotopic (exact) mass is 226 g/mol. The minimum atomic E-state index is -0.119. The van der Waals surface area contributed by atoms with Gasteiger partial charge >= 0.3 is 0 Å². The molecular weight excluding hydrogens is 200 g/mol. The second-order valence-corrected chi connectivity index (χ2v) is 5.42. The number of hydrogen-bond donors (Lipinski definition) is 3. The van der Waals surface area contributed by atoms with Crippen molar-refractivity contribution in [2.45, 2.75) is 69.6 Å². The molecule has 2 heterocycles. The Balaban J connectivity index is 1.64. The van der Waals surface area contributed by atoms with Gasteiger partial charge in [0.05, 0.1) is 6.10 Å². The summed E-state index contributed by atoms with van der Waals surface area (Å²) in [6, 6.07) is 1.12. The van der Waals surface area contributed by atoms with Gasteiger partial charge in [0.25, 0.3) is 0 Å². The molecule has 0 aromatic heterocycles. The Bertz CT molecular complexity index is 166. The van der Waals surface area contributed by atoms with Gasteiger partial charge in [-0.25, -0.2) is 0 Å². The normalized spacial score (nSPS) is 31.9. The molecule has 0 amide bonds. The third-order valence-corrected chi connectivity index (χ3v) is 3.94. The highest BCUT2D eigenvalue weighted by atomic mass is 16.3. The molecule has 16 heavy (non-hydrogen) atoms. The van der Waals surface area contributed by atoms with Crippen molar-refractivity contribution in [3.8, 4) is 0 Å². The first-order valence-electron chi connectivity index (χ1n) is 6.99. The zero-order valence-corrected chi connectivity index (χ0v) is 10.3. The van der Waals surface area contributed by atoms with Crippen molar-refractivity contribution in [3.63, 3.8) is 0 Å². The Hall–Kier alpha value is -0.120. The maximum Gasteiger partial charge on any atom is 0.0569 e. The van der Waals surface area contributed by atoms with Crippen LogP contribution in [0.1, 0.15) is 51.4 Å². The van der Waals surface area contributed by atoms with Gasteiger partial charge < -0.3 is 15.7 Å². The summed E-state index contributed by atoms with van der Waals surface area (Å²) in [5.41, 5.74) is 0. The second kappa shape index (κ2) is 6.58. The van der Waals surface area contributed by atoms with Crippen LogP contribution in [-0.4, -0.2) is 36.4 Å². The van der Waals surface area contributed by atoms with Crippen molar-refractivity contribution in [1.82, 2.24) is 10.6 Å². The number of piperidine rings is 2. The molecule has 0 aliphatic carbocycles. The average Bonchev–Trinajstić information content (AvgIpc) is 2.31. The Kier molecular flexibility index (Phi) is 5.07. The van der Waals surface area contributed by atoms with E-state index in [0.29, 0.717) is 12.1 Å². The molecule has 2 saturated heterocycles. The van der Waals surface area contributed by atoms with Crippen molar-refractivity contribution in [3.05, 3.63) is 0 Å². The van der Waals surface area contributed by atoms with E-state index < -0.39 is 0 Å². The van der Waals surface area contributed by atoms with Gasteiger partial charge in [-0.05, 0) is 51.6 Å². The Morgan fingerprint density at radius 3 is 1.75 bits per heavy atom. The quantitative estimate of drug-likeness (QED) is 0.679. The molecule has 3 nitrogen and oxygen atoms in total. The van der Waals surface area contributed by atoms with E-state index in [0.717, 1.165) is 25.9 Å². The number of hydrogen-bond acceptors (Lipinski definition) is 3. The maximum atomic E-state index is 10.1. The minimum absolute atomic E-state index is 0.119. The van der Waals surface area contributed by atoms with Gasteiger partial charge in [-0.3, -0.25) is 0 Å². The van der Waals surface area contributed by atoms with E-state index in [4.69, 9.17) is 0 Å². The van der Waals surface area contributed by atoms with Crippen molar-refractivity contribution in [2.75, 3.05) is 13.1 Å². The second-order valence-electron chi connectivity index (χ2n) is 5.42. The molecule has 2 aliphatic heterocycles. The highest BCUT2D eigenvalue weighted by Crippen LogP contribution is 2.17. The Morgan fingerprint density at radius 2 is 1.38 bits per heavy atom. The average molecular weight is 226 g/mol. The molecule has 2 rings (SSSR count). The first kappa shape index (κ1) is 12.3. The summed E-state index contributed by atoms with van der Waals surface area (Å²) in [7, 11) is 0. The van der Waals surface area contributed by atoms with Gasteiger partial charge in [0.2, 0.25) is 0 Å². The molecule has 0 saturated carbocycles. The van der Waals surface area contributed by atoms with Crippen LogP contribution >= 0.6 is 0 Å². The van der Waals surface area contributed by atoms with E-state index in [1.807, 2.05) is 0 Å². The predicted molar refractivity (Wildman–Crippen MR) is 66.5 cm³/mol. The Morgan fingerprint density at radius 1 is 0.875 bits per heavy atom. The fraction of sp³-hybridized carbons (Fsp3) is 1.00. The zero-order chi connectivity index (χ0) is 11.2. The van der Waals surface area contributed by atoms with E-state index in [-0.39, 0.29) is 6.10 Å². The lowest BCUT2D eigenvalue weighted by Gasteiger charge is -2.29. The van der Waals surface area contributed by atoms with Crippen LogP contribution in [0.15, 0.2) is 0 Å². The lowest BCUT2D eigenvalue weighted by molar-refractivity contribution is 0.117. The van der Waals surface area contributed by atoms with Crippen molar-refractivity contribution in [1.29, 1.82) is 0 Å². The summed E-state index contributed by atoms with van der Waals surface area (Å²) < 4.78 is 0. The highest BCUT2D eigenvalue weighted by molar-refractivity contribution is 4.80. The van der Waals surface area contributed by atoms with Crippen LogP contribution < -0.4 is 10.6 Å². The van der Waals surface area contributed by atoms with Gasteiger partial charge in [0, 0.05) is 12.1 Å². The summed E-state index contributed by atoms with van der Waals surface area (Å²) in [6.07, 6.45) is 9.51. The first-order chi connectivity index (χ1) is 7.84. The van der Waals surface area contributed by atoms with Crippen molar-refractivity contribution < 1.29 is 5.11 Å². The van der Waals surface area contributed by atoms with Crippen LogP contribution in [0.2, 0.25) is 0 Å². The Labute approximate surface area is 99.0 Å². The minimum Gasteiger partial charge on any atom is -0.393 e. The molecule has 0 radical (unpaired) electrons. The van der Waals surface area contributed by atoms with E-state index in [1.54, 1.807) is 0 Å². The number of nitrogens with one attached hydrogen (secondary N) is 2. The van der Waals surface area contributed by atoms with Crippen LogP contribution in [0.25, 0.3) is 0 Å². The fourth-order valence-corrected chi connectivity index (χ4v) is 3.00. The molecule has 94 valence electrons. The summed E-state index contributed by atoms with van der Waals surface area (Å²) in [6.45, 7) is 2.28. The standard InChI is InChI=1S/C13H26N2O/c16-13(9-11-5-1-3-7-14-11)10-12-6-2-4-8-15-12/h11-16H,1-10H2/t11-,12-/m1/s1. The molecule has 0 aromatic carbocycles. The van der Waals surface area contributed by atoms with Crippen LogP contribution in [0.5, 0.6) is 0 Å². The third-order valence-electron chi connectivity index (χ3n) is 3.94. The molecule has 0 unspecified atom stereocenters. The summed E-state index contributed by atoms with van der Waals surface area (Å²) in [5.74, 6) is 0. The fourth-order valence-electron chi connectivity index (χ4n) is 3.00. The number of aliphatic hydroxyl groups is 1. The maximum absolute atomic E-state index is 10.1. The molecule has 2 aliphatic rings. The predicted octanol–water partition coefficient (Wildman–Crippen LogP) is 1.41. The van der Waals surface area contributed by atoms with Crippen molar-refractivity contribution >= 4 is 0 Å². The first-order valence-corrected chi connectivity index (χ1v) is 6.99. The van der Waals surface area contributed by atoms with E-state index in [1.165, 1.54) is 38.5 Å². The van der Waals surface area contributed by atoms with Gasteiger partial charge in [-0.2, -0.15) is 0 Å². The molecule has 2 fully saturated rings. The SMILES string of the molecule is OC(C[C@H]1CCCCN1)C[C@H]1CCCCN1. The molecule has 2 atom stereocenters. The van der Waals surface area contributed by atoms with Gasteiger partial charge in [0.1, 0.15) is 0 Å². The van der Waals surface area contributed by atoms with Crippen LogP contribution in [-0.2, 0) is 0 Å². The lowest BCUT2D eigenvalue weighted by atomic mass is 9.93.